The van der Waals surface area contributed by atoms with E-state index in [4.69, 9.17) is 19.1 Å². The molecule has 44 heavy (non-hydrogen) atoms. The lowest BCUT2D eigenvalue weighted by molar-refractivity contribution is 1.08. The Morgan fingerprint density at radius 3 is 1.93 bits per heavy atom. The fourth-order valence-corrected chi connectivity index (χ4v) is 7.93. The third kappa shape index (κ3) is 4.13. The van der Waals surface area contributed by atoms with E-state index >= 15 is 0 Å². The first-order valence-corrected chi connectivity index (χ1v) is 15.7. The van der Waals surface area contributed by atoms with E-state index in [-0.39, 0.29) is 53.0 Å². The molecule has 0 saturated heterocycles. The molecule has 0 saturated carbocycles. The molecule has 0 unspecified atom stereocenters. The van der Waals surface area contributed by atoms with Crippen molar-refractivity contribution in [3.63, 3.8) is 0 Å². The molecule has 5 heteroatoms. The van der Waals surface area contributed by atoms with Crippen LogP contribution in [-0.2, 0) is 0 Å². The summed E-state index contributed by atoms with van der Waals surface area (Å²) in [6, 6.07) is 32.0. The van der Waals surface area contributed by atoms with Crippen molar-refractivity contribution in [2.24, 2.45) is 0 Å². The van der Waals surface area contributed by atoms with Gasteiger partial charge in [0, 0.05) is 57.0 Å². The molecule has 0 radical (unpaired) electrons. The van der Waals surface area contributed by atoms with Gasteiger partial charge in [-0.05, 0) is 29.3 Å². The fourth-order valence-electron chi connectivity index (χ4n) is 5.58. The van der Waals surface area contributed by atoms with Gasteiger partial charge in [0.1, 0.15) is 0 Å². The Labute approximate surface area is 270 Å². The summed E-state index contributed by atoms with van der Waals surface area (Å²) in [5, 5.41) is 2.78. The zero-order valence-corrected chi connectivity index (χ0v) is 24.6. The molecule has 0 spiro atoms. The van der Waals surface area contributed by atoms with Crippen LogP contribution in [0.25, 0.3) is 85.6 Å². The molecule has 9 aromatic rings. The lowest BCUT2D eigenvalue weighted by atomic mass is 10.0. The first-order chi connectivity index (χ1) is 24.3. The SMILES string of the molecule is [2H]c1c([2H])c([2H])c2c(sc3c([2H])c(-c4nc(-c5ccccc5)nc(-c5cccc6c5sc5ccccc56)n4)c([2H])c([2H])c32)c1-c1ccccc1. The molecule has 0 aliphatic rings. The Morgan fingerprint density at radius 2 is 1.09 bits per heavy atom. The number of nitrogens with zero attached hydrogens (tertiary/aromatic N) is 3. The van der Waals surface area contributed by atoms with Gasteiger partial charge < -0.3 is 0 Å². The summed E-state index contributed by atoms with van der Waals surface area (Å²) in [7, 11) is 0. The standard InChI is InChI=1S/C39H23N3S2/c1-3-11-24(12-4-1)27-16-9-17-31-29-22-21-26(23-34(29)44-35(27)31)38-40-37(25-13-5-2-6-14-25)41-39(42-38)32-19-10-18-30-28-15-7-8-20-33(28)43-36(30)32/h1-23H/i9D,16D,17D,21D,22D,23D. The van der Waals surface area contributed by atoms with Crippen molar-refractivity contribution in [1.29, 1.82) is 0 Å². The second-order valence-corrected chi connectivity index (χ2v) is 12.4. The van der Waals surface area contributed by atoms with Crippen molar-refractivity contribution in [1.82, 2.24) is 15.0 Å². The second kappa shape index (κ2) is 10.2. The van der Waals surface area contributed by atoms with Crippen LogP contribution in [-0.4, -0.2) is 15.0 Å². The Hall–Kier alpha value is -5.23. The summed E-state index contributed by atoms with van der Waals surface area (Å²) < 4.78 is 57.4. The molecule has 3 nitrogen and oxygen atoms in total. The first kappa shape index (κ1) is 19.9. The van der Waals surface area contributed by atoms with Crippen molar-refractivity contribution >= 4 is 63.0 Å². The molecular weight excluding hydrogens is 575 g/mol. The van der Waals surface area contributed by atoms with Gasteiger partial charge in [-0.15, -0.1) is 22.7 Å². The Kier molecular flexibility index (Phi) is 4.60. The molecule has 3 aromatic heterocycles. The minimum atomic E-state index is -0.261. The van der Waals surface area contributed by atoms with Crippen molar-refractivity contribution in [3.8, 4) is 45.3 Å². The van der Waals surface area contributed by atoms with Crippen molar-refractivity contribution in [2.75, 3.05) is 0 Å². The van der Waals surface area contributed by atoms with Gasteiger partial charge in [-0.1, -0.05) is 121 Å². The van der Waals surface area contributed by atoms with Crippen molar-refractivity contribution < 1.29 is 8.22 Å². The molecule has 0 amide bonds. The Balaban J connectivity index is 1.35. The number of rotatable bonds is 4. The maximum atomic E-state index is 9.51. The number of aromatic nitrogens is 3. The Morgan fingerprint density at radius 1 is 0.432 bits per heavy atom. The van der Waals surface area contributed by atoms with E-state index in [1.54, 1.807) is 11.3 Å². The average molecular weight is 604 g/mol. The molecular formula is C39H23N3S2. The zero-order chi connectivity index (χ0) is 34.3. The topological polar surface area (TPSA) is 38.7 Å². The predicted octanol–water partition coefficient (Wildman–Crippen LogP) is 11.3. The highest BCUT2D eigenvalue weighted by Crippen LogP contribution is 2.42. The van der Waals surface area contributed by atoms with Gasteiger partial charge >= 0.3 is 0 Å². The third-order valence-corrected chi connectivity index (χ3v) is 10.0. The van der Waals surface area contributed by atoms with Crippen molar-refractivity contribution in [3.05, 3.63) is 139 Å². The van der Waals surface area contributed by atoms with Gasteiger partial charge in [-0.3, -0.25) is 0 Å². The van der Waals surface area contributed by atoms with E-state index in [0.29, 0.717) is 37.6 Å². The van der Waals surface area contributed by atoms with Crippen LogP contribution in [0, 0.1) is 0 Å². The molecule has 0 N–H and O–H groups in total. The molecule has 0 atom stereocenters. The van der Waals surface area contributed by atoms with E-state index in [1.165, 1.54) is 11.3 Å². The number of fused-ring (bicyclic) bond motifs is 6. The van der Waals surface area contributed by atoms with Crippen LogP contribution in [0.4, 0.5) is 0 Å². The fraction of sp³-hybridized carbons (Fsp3) is 0. The van der Waals surface area contributed by atoms with Crippen LogP contribution in [0.2, 0.25) is 0 Å². The highest BCUT2D eigenvalue weighted by Gasteiger charge is 2.17. The van der Waals surface area contributed by atoms with Gasteiger partial charge in [0.25, 0.3) is 0 Å². The Bertz CT molecular complexity index is 2840. The zero-order valence-electron chi connectivity index (χ0n) is 29.0. The molecule has 0 aliphatic carbocycles. The smallest absolute Gasteiger partial charge is 0.165 e. The summed E-state index contributed by atoms with van der Waals surface area (Å²) in [5.74, 6) is 0.875. The van der Waals surface area contributed by atoms with Gasteiger partial charge in [-0.25, -0.2) is 15.0 Å². The third-order valence-electron chi connectivity index (χ3n) is 7.66. The molecule has 0 aliphatic heterocycles. The number of benzene rings is 6. The molecule has 206 valence electrons. The minimum absolute atomic E-state index is 0.0464. The van der Waals surface area contributed by atoms with Crippen LogP contribution in [0.3, 0.4) is 0 Å². The molecule has 9 rings (SSSR count). The molecule has 0 fully saturated rings. The largest absolute Gasteiger partial charge is 0.208 e. The summed E-state index contributed by atoms with van der Waals surface area (Å²) in [6.07, 6.45) is 0. The monoisotopic (exact) mass is 603 g/mol. The summed E-state index contributed by atoms with van der Waals surface area (Å²) in [5.41, 5.74) is 2.81. The van der Waals surface area contributed by atoms with Gasteiger partial charge in [0.2, 0.25) is 0 Å². The quantitative estimate of drug-likeness (QED) is 0.201. The normalized spacial score (nSPS) is 13.5. The summed E-state index contributed by atoms with van der Waals surface area (Å²) in [4.78, 5) is 14.7. The second-order valence-electron chi connectivity index (χ2n) is 10.3. The first-order valence-electron chi connectivity index (χ1n) is 17.1. The highest BCUT2D eigenvalue weighted by molar-refractivity contribution is 7.26. The average Bonchev–Trinajstić information content (AvgIpc) is 3.74. The van der Waals surface area contributed by atoms with E-state index in [9.17, 15) is 4.11 Å². The maximum Gasteiger partial charge on any atom is 0.165 e. The predicted molar refractivity (Wildman–Crippen MR) is 187 cm³/mol. The van der Waals surface area contributed by atoms with E-state index < -0.39 is 0 Å². The van der Waals surface area contributed by atoms with E-state index in [1.807, 2.05) is 84.9 Å². The van der Waals surface area contributed by atoms with E-state index in [2.05, 4.69) is 18.2 Å². The van der Waals surface area contributed by atoms with Crippen LogP contribution >= 0.6 is 22.7 Å². The number of hydrogen-bond acceptors (Lipinski definition) is 5. The maximum absolute atomic E-state index is 9.51. The van der Waals surface area contributed by atoms with Crippen LogP contribution in [0.1, 0.15) is 8.22 Å². The molecule has 3 heterocycles. The van der Waals surface area contributed by atoms with Gasteiger partial charge in [0.05, 0.1) is 8.22 Å². The molecule has 0 bridgehead atoms. The van der Waals surface area contributed by atoms with Gasteiger partial charge in [0.15, 0.2) is 17.5 Å². The lowest BCUT2D eigenvalue weighted by Gasteiger charge is -2.09. The number of thiophene rings is 2. The lowest BCUT2D eigenvalue weighted by Crippen LogP contribution is -2.00. The minimum Gasteiger partial charge on any atom is -0.208 e. The van der Waals surface area contributed by atoms with Crippen LogP contribution in [0.15, 0.2) is 139 Å². The molecule has 6 aromatic carbocycles. The van der Waals surface area contributed by atoms with Crippen LogP contribution < -0.4 is 0 Å². The van der Waals surface area contributed by atoms with Gasteiger partial charge in [-0.2, -0.15) is 0 Å². The summed E-state index contributed by atoms with van der Waals surface area (Å²) >= 11 is 2.85. The van der Waals surface area contributed by atoms with Crippen molar-refractivity contribution in [2.45, 2.75) is 0 Å². The van der Waals surface area contributed by atoms with E-state index in [0.717, 1.165) is 31.3 Å². The highest BCUT2D eigenvalue weighted by atomic mass is 32.1. The number of hydrogen-bond donors (Lipinski definition) is 0. The van der Waals surface area contributed by atoms with Crippen LogP contribution in [0.5, 0.6) is 0 Å². The summed E-state index contributed by atoms with van der Waals surface area (Å²) in [6.45, 7) is 0.